The van der Waals surface area contributed by atoms with Gasteiger partial charge in [0.2, 0.25) is 0 Å². The number of nitrogens with zero attached hydrogens (tertiary/aromatic N) is 2. The molecule has 4 heteroatoms. The second-order valence-corrected chi connectivity index (χ2v) is 5.54. The summed E-state index contributed by atoms with van der Waals surface area (Å²) in [4.78, 5) is 0. The highest BCUT2D eigenvalue weighted by molar-refractivity contribution is 7.08. The van der Waals surface area contributed by atoms with Crippen LogP contribution < -0.4 is 5.32 Å². The number of para-hydroxylation sites is 1. The topological polar surface area (TPSA) is 29.9 Å². The molecule has 19 heavy (non-hydrogen) atoms. The molecule has 0 unspecified atom stereocenters. The van der Waals surface area contributed by atoms with Crippen molar-refractivity contribution in [2.24, 2.45) is 0 Å². The molecule has 0 saturated carbocycles. The molecule has 3 heterocycles. The number of hydrogen-bond donors (Lipinski definition) is 1. The number of rotatable bonds is 1. The summed E-state index contributed by atoms with van der Waals surface area (Å²) in [7, 11) is 0. The van der Waals surface area contributed by atoms with E-state index >= 15 is 0 Å². The first-order valence-corrected chi connectivity index (χ1v) is 7.21. The first-order valence-electron chi connectivity index (χ1n) is 6.27. The SMILES string of the molecule is Cc1cc2n(n1)[C@@H](c1ccsc1)Nc1ccccc1-2. The lowest BCUT2D eigenvalue weighted by molar-refractivity contribution is 0.572. The van der Waals surface area contributed by atoms with Crippen molar-refractivity contribution < 1.29 is 0 Å². The maximum absolute atomic E-state index is 4.65. The fraction of sp³-hybridized carbons (Fsp3) is 0.133. The quantitative estimate of drug-likeness (QED) is 0.725. The molecule has 3 aromatic rings. The van der Waals surface area contributed by atoms with Crippen molar-refractivity contribution in [3.63, 3.8) is 0 Å². The van der Waals surface area contributed by atoms with Gasteiger partial charge in [-0.15, -0.1) is 0 Å². The Hall–Kier alpha value is -2.07. The summed E-state index contributed by atoms with van der Waals surface area (Å²) in [6, 6.07) is 12.7. The molecule has 1 N–H and O–H groups in total. The summed E-state index contributed by atoms with van der Waals surface area (Å²) in [5, 5.41) is 12.5. The number of aromatic nitrogens is 2. The van der Waals surface area contributed by atoms with Gasteiger partial charge < -0.3 is 5.32 Å². The number of aryl methyl sites for hydroxylation is 1. The van der Waals surface area contributed by atoms with E-state index in [-0.39, 0.29) is 6.17 Å². The van der Waals surface area contributed by atoms with Gasteiger partial charge in [-0.05, 0) is 35.9 Å². The molecule has 0 spiro atoms. The van der Waals surface area contributed by atoms with Gasteiger partial charge in [0.15, 0.2) is 0 Å². The summed E-state index contributed by atoms with van der Waals surface area (Å²) in [6.45, 7) is 2.04. The Kier molecular flexibility index (Phi) is 2.26. The maximum atomic E-state index is 4.65. The van der Waals surface area contributed by atoms with E-state index in [0.717, 1.165) is 5.69 Å². The lowest BCUT2D eigenvalue weighted by atomic mass is 10.1. The van der Waals surface area contributed by atoms with Crippen LogP contribution in [0.1, 0.15) is 17.4 Å². The second-order valence-electron chi connectivity index (χ2n) is 4.76. The maximum Gasteiger partial charge on any atom is 0.148 e. The van der Waals surface area contributed by atoms with Gasteiger partial charge in [0, 0.05) is 16.8 Å². The molecule has 0 fully saturated rings. The average molecular weight is 267 g/mol. The number of hydrogen-bond acceptors (Lipinski definition) is 3. The number of benzene rings is 1. The Morgan fingerprint density at radius 2 is 2.16 bits per heavy atom. The van der Waals surface area contributed by atoms with E-state index in [1.54, 1.807) is 11.3 Å². The predicted molar refractivity (Wildman–Crippen MR) is 78.5 cm³/mol. The van der Waals surface area contributed by atoms with Crippen molar-refractivity contribution in [1.29, 1.82) is 0 Å². The first-order chi connectivity index (χ1) is 9.33. The van der Waals surface area contributed by atoms with Crippen LogP contribution in [-0.4, -0.2) is 9.78 Å². The Bertz CT molecular complexity index is 728. The third-order valence-electron chi connectivity index (χ3n) is 3.46. The standard InChI is InChI=1S/C15H13N3S/c1-10-8-14-12-4-2-3-5-13(12)16-15(18(14)17-10)11-6-7-19-9-11/h2-9,15-16H,1H3/t15-/m0/s1. The van der Waals surface area contributed by atoms with Crippen LogP contribution in [0.25, 0.3) is 11.3 Å². The van der Waals surface area contributed by atoms with Gasteiger partial charge in [-0.25, -0.2) is 4.68 Å². The Morgan fingerprint density at radius 1 is 1.26 bits per heavy atom. The average Bonchev–Trinajstić information content (AvgIpc) is 3.06. The predicted octanol–water partition coefficient (Wildman–Crippen LogP) is 3.89. The first kappa shape index (κ1) is 10.8. The van der Waals surface area contributed by atoms with E-state index in [9.17, 15) is 0 Å². The number of anilines is 1. The lowest BCUT2D eigenvalue weighted by Gasteiger charge is -2.28. The highest BCUT2D eigenvalue weighted by Crippen LogP contribution is 2.38. The molecule has 0 saturated heterocycles. The van der Waals surface area contributed by atoms with Crippen LogP contribution in [0.4, 0.5) is 5.69 Å². The van der Waals surface area contributed by atoms with Gasteiger partial charge >= 0.3 is 0 Å². The van der Waals surface area contributed by atoms with Crippen LogP contribution in [-0.2, 0) is 0 Å². The molecule has 0 aliphatic carbocycles. The van der Waals surface area contributed by atoms with Crippen LogP contribution in [0.5, 0.6) is 0 Å². The van der Waals surface area contributed by atoms with Crippen LogP contribution >= 0.6 is 11.3 Å². The zero-order valence-corrected chi connectivity index (χ0v) is 11.3. The van der Waals surface area contributed by atoms with Crippen molar-refractivity contribution in [3.05, 3.63) is 58.4 Å². The van der Waals surface area contributed by atoms with Gasteiger partial charge in [-0.1, -0.05) is 18.2 Å². The van der Waals surface area contributed by atoms with Crippen molar-refractivity contribution in [2.45, 2.75) is 13.1 Å². The molecular formula is C15H13N3S. The van der Waals surface area contributed by atoms with Crippen LogP contribution in [0, 0.1) is 6.92 Å². The third-order valence-corrected chi connectivity index (χ3v) is 4.16. The van der Waals surface area contributed by atoms with Gasteiger partial charge in [0.25, 0.3) is 0 Å². The molecule has 1 atom stereocenters. The Labute approximate surface area is 115 Å². The van der Waals surface area contributed by atoms with E-state index in [2.05, 4.69) is 62.3 Å². The largest absolute Gasteiger partial charge is 0.359 e. The number of nitrogens with one attached hydrogen (secondary N) is 1. The monoisotopic (exact) mass is 267 g/mol. The smallest absolute Gasteiger partial charge is 0.148 e. The van der Waals surface area contributed by atoms with Gasteiger partial charge in [-0.3, -0.25) is 0 Å². The summed E-state index contributed by atoms with van der Waals surface area (Å²) < 4.78 is 2.08. The molecule has 94 valence electrons. The molecule has 1 aliphatic heterocycles. The third kappa shape index (κ3) is 1.60. The molecule has 0 bridgehead atoms. The molecule has 4 rings (SSSR count). The minimum Gasteiger partial charge on any atom is -0.359 e. The molecule has 1 aromatic carbocycles. The van der Waals surface area contributed by atoms with Crippen LogP contribution in [0.15, 0.2) is 47.2 Å². The molecule has 0 radical (unpaired) electrons. The van der Waals surface area contributed by atoms with E-state index < -0.39 is 0 Å². The zero-order valence-electron chi connectivity index (χ0n) is 10.5. The van der Waals surface area contributed by atoms with Crippen molar-refractivity contribution in [3.8, 4) is 11.3 Å². The summed E-state index contributed by atoms with van der Waals surface area (Å²) in [6.07, 6.45) is 0.0878. The molecule has 0 amide bonds. The normalized spacial score (nSPS) is 16.6. The minimum atomic E-state index is 0.0878. The fourth-order valence-electron chi connectivity index (χ4n) is 2.61. The second kappa shape index (κ2) is 3.96. The van der Waals surface area contributed by atoms with Gasteiger partial charge in [-0.2, -0.15) is 16.4 Å². The van der Waals surface area contributed by atoms with E-state index in [1.807, 2.05) is 6.92 Å². The van der Waals surface area contributed by atoms with Gasteiger partial charge in [0.1, 0.15) is 6.17 Å². The fourth-order valence-corrected chi connectivity index (χ4v) is 3.29. The summed E-state index contributed by atoms with van der Waals surface area (Å²) >= 11 is 1.71. The minimum absolute atomic E-state index is 0.0878. The lowest BCUT2D eigenvalue weighted by Crippen LogP contribution is -2.25. The van der Waals surface area contributed by atoms with Crippen molar-refractivity contribution in [1.82, 2.24) is 9.78 Å². The Morgan fingerprint density at radius 3 is 3.00 bits per heavy atom. The Balaban J connectivity index is 1.95. The van der Waals surface area contributed by atoms with Crippen molar-refractivity contribution >= 4 is 17.0 Å². The van der Waals surface area contributed by atoms with Gasteiger partial charge in [0.05, 0.1) is 11.4 Å². The number of fused-ring (bicyclic) bond motifs is 3. The van der Waals surface area contributed by atoms with E-state index in [4.69, 9.17) is 0 Å². The molecule has 2 aromatic heterocycles. The summed E-state index contributed by atoms with van der Waals surface area (Å²) in [5.41, 5.74) is 5.88. The van der Waals surface area contributed by atoms with E-state index in [1.165, 1.54) is 22.5 Å². The zero-order chi connectivity index (χ0) is 12.8. The van der Waals surface area contributed by atoms with Crippen LogP contribution in [0.3, 0.4) is 0 Å². The highest BCUT2D eigenvalue weighted by Gasteiger charge is 2.26. The summed E-state index contributed by atoms with van der Waals surface area (Å²) in [5.74, 6) is 0. The molecular weight excluding hydrogens is 254 g/mol. The van der Waals surface area contributed by atoms with Crippen molar-refractivity contribution in [2.75, 3.05) is 5.32 Å². The molecule has 3 nitrogen and oxygen atoms in total. The van der Waals surface area contributed by atoms with Crippen LogP contribution in [0.2, 0.25) is 0 Å². The number of thiophene rings is 1. The highest BCUT2D eigenvalue weighted by atomic mass is 32.1. The van der Waals surface area contributed by atoms with E-state index in [0.29, 0.717) is 0 Å². The molecule has 1 aliphatic rings.